The number of nitrogens with one attached hydrogen (secondary N) is 1. The van der Waals surface area contributed by atoms with Crippen molar-refractivity contribution in [3.8, 4) is 0 Å². The summed E-state index contributed by atoms with van der Waals surface area (Å²) in [5.74, 6) is -0.295. The predicted molar refractivity (Wildman–Crippen MR) is 72.2 cm³/mol. The van der Waals surface area contributed by atoms with Crippen LogP contribution in [0.5, 0.6) is 0 Å². The highest BCUT2D eigenvalue weighted by atomic mass is 35.5. The molecular formula is C13H15Cl2NO2. The lowest BCUT2D eigenvalue weighted by atomic mass is 9.89. The van der Waals surface area contributed by atoms with Gasteiger partial charge in [-0.25, -0.2) is 0 Å². The van der Waals surface area contributed by atoms with Crippen LogP contribution in [0.1, 0.15) is 18.4 Å². The van der Waals surface area contributed by atoms with Crippen LogP contribution in [0.25, 0.3) is 0 Å². The van der Waals surface area contributed by atoms with Gasteiger partial charge in [0.2, 0.25) is 0 Å². The van der Waals surface area contributed by atoms with E-state index in [1.807, 2.05) is 13.0 Å². The van der Waals surface area contributed by atoms with E-state index in [1.54, 1.807) is 12.1 Å². The summed E-state index contributed by atoms with van der Waals surface area (Å²) in [4.78, 5) is 11.9. The smallest absolute Gasteiger partial charge is 0.310 e. The molecule has 1 aromatic rings. The molecule has 3 nitrogen and oxygen atoms in total. The van der Waals surface area contributed by atoms with E-state index in [9.17, 15) is 4.79 Å². The van der Waals surface area contributed by atoms with E-state index in [1.165, 1.54) is 0 Å². The minimum atomic E-state index is -0.177. The highest BCUT2D eigenvalue weighted by molar-refractivity contribution is 6.35. The van der Waals surface area contributed by atoms with Gasteiger partial charge in [0.15, 0.2) is 0 Å². The molecule has 1 aliphatic heterocycles. The van der Waals surface area contributed by atoms with Crippen molar-refractivity contribution < 1.29 is 9.53 Å². The van der Waals surface area contributed by atoms with Crippen LogP contribution in [0.3, 0.4) is 0 Å². The molecule has 0 aliphatic carbocycles. The molecule has 1 aromatic carbocycles. The number of hydrogen-bond donors (Lipinski definition) is 1. The highest BCUT2D eigenvalue weighted by Crippen LogP contribution is 2.34. The lowest BCUT2D eigenvalue weighted by Crippen LogP contribution is -2.24. The van der Waals surface area contributed by atoms with E-state index in [-0.39, 0.29) is 17.8 Å². The van der Waals surface area contributed by atoms with Gasteiger partial charge < -0.3 is 10.1 Å². The van der Waals surface area contributed by atoms with Gasteiger partial charge in [-0.2, -0.15) is 0 Å². The molecule has 0 amide bonds. The van der Waals surface area contributed by atoms with Crippen LogP contribution in [0.15, 0.2) is 18.2 Å². The van der Waals surface area contributed by atoms with Gasteiger partial charge in [0.25, 0.3) is 0 Å². The second-order valence-electron chi connectivity index (χ2n) is 4.29. The molecule has 1 saturated heterocycles. The fourth-order valence-corrected chi connectivity index (χ4v) is 2.85. The Bertz CT molecular complexity index is 451. The molecule has 1 N–H and O–H groups in total. The molecule has 2 rings (SSSR count). The third kappa shape index (κ3) is 2.79. The number of carbonyl (C=O) groups excluding carboxylic acids is 1. The summed E-state index contributed by atoms with van der Waals surface area (Å²) < 4.78 is 5.09. The van der Waals surface area contributed by atoms with Crippen molar-refractivity contribution in [2.24, 2.45) is 5.92 Å². The van der Waals surface area contributed by atoms with E-state index in [0.29, 0.717) is 23.2 Å². The zero-order valence-electron chi connectivity index (χ0n) is 10.1. The summed E-state index contributed by atoms with van der Waals surface area (Å²) in [7, 11) is 0. The fraction of sp³-hybridized carbons (Fsp3) is 0.462. The Kier molecular flexibility index (Phi) is 4.49. The SMILES string of the molecule is CCOC(=O)C1CNCC1c1ccc(Cl)cc1Cl. The van der Waals surface area contributed by atoms with Gasteiger partial charge >= 0.3 is 5.97 Å². The Balaban J connectivity index is 2.23. The van der Waals surface area contributed by atoms with Gasteiger partial charge in [0.1, 0.15) is 0 Å². The van der Waals surface area contributed by atoms with Crippen LogP contribution in [0.4, 0.5) is 0 Å². The highest BCUT2D eigenvalue weighted by Gasteiger charge is 2.35. The zero-order chi connectivity index (χ0) is 13.1. The van der Waals surface area contributed by atoms with E-state index in [0.717, 1.165) is 12.1 Å². The summed E-state index contributed by atoms with van der Waals surface area (Å²) in [6, 6.07) is 5.39. The lowest BCUT2D eigenvalue weighted by Gasteiger charge is -2.18. The van der Waals surface area contributed by atoms with Crippen molar-refractivity contribution in [3.63, 3.8) is 0 Å². The van der Waals surface area contributed by atoms with Gasteiger partial charge in [0.05, 0.1) is 12.5 Å². The Morgan fingerprint density at radius 3 is 2.89 bits per heavy atom. The number of rotatable bonds is 3. The first-order chi connectivity index (χ1) is 8.63. The first-order valence-corrected chi connectivity index (χ1v) is 6.71. The fourth-order valence-electron chi connectivity index (χ4n) is 2.30. The number of hydrogen-bond acceptors (Lipinski definition) is 3. The molecule has 0 bridgehead atoms. The van der Waals surface area contributed by atoms with Crippen LogP contribution in [-0.2, 0) is 9.53 Å². The van der Waals surface area contributed by atoms with Gasteiger partial charge in [-0.3, -0.25) is 4.79 Å². The number of ether oxygens (including phenoxy) is 1. The van der Waals surface area contributed by atoms with Crippen LogP contribution < -0.4 is 5.32 Å². The summed E-state index contributed by atoms with van der Waals surface area (Å²) in [6.07, 6.45) is 0. The second-order valence-corrected chi connectivity index (χ2v) is 5.13. The average molecular weight is 288 g/mol. The molecule has 0 spiro atoms. The molecule has 2 atom stereocenters. The molecule has 0 aromatic heterocycles. The van der Waals surface area contributed by atoms with Crippen LogP contribution in [-0.4, -0.2) is 25.7 Å². The van der Waals surface area contributed by atoms with E-state index >= 15 is 0 Å². The molecule has 5 heteroatoms. The molecule has 1 aliphatic rings. The molecule has 98 valence electrons. The third-order valence-corrected chi connectivity index (χ3v) is 3.73. The van der Waals surface area contributed by atoms with Crippen LogP contribution in [0.2, 0.25) is 10.0 Å². The van der Waals surface area contributed by atoms with Crippen molar-refractivity contribution in [1.82, 2.24) is 5.32 Å². The number of benzene rings is 1. The standard InChI is InChI=1S/C13H15Cl2NO2/c1-2-18-13(17)11-7-16-6-10(11)9-4-3-8(14)5-12(9)15/h3-5,10-11,16H,2,6-7H2,1H3. The van der Waals surface area contributed by atoms with Gasteiger partial charge in [-0.1, -0.05) is 29.3 Å². The topological polar surface area (TPSA) is 38.3 Å². The minimum Gasteiger partial charge on any atom is -0.466 e. The van der Waals surface area contributed by atoms with Crippen LogP contribution >= 0.6 is 23.2 Å². The summed E-state index contributed by atoms with van der Waals surface area (Å²) in [6.45, 7) is 3.56. The maximum atomic E-state index is 11.9. The summed E-state index contributed by atoms with van der Waals surface area (Å²) in [5.41, 5.74) is 0.948. The van der Waals surface area contributed by atoms with Crippen molar-refractivity contribution in [2.45, 2.75) is 12.8 Å². The predicted octanol–water partition coefficient (Wildman–Crippen LogP) is 2.86. The Hall–Kier alpha value is -0.770. The molecule has 0 radical (unpaired) electrons. The monoisotopic (exact) mass is 287 g/mol. The van der Waals surface area contributed by atoms with Gasteiger partial charge in [-0.15, -0.1) is 0 Å². The van der Waals surface area contributed by atoms with Crippen molar-refractivity contribution >= 4 is 29.2 Å². The summed E-state index contributed by atoms with van der Waals surface area (Å²) >= 11 is 12.1. The van der Waals surface area contributed by atoms with E-state index in [4.69, 9.17) is 27.9 Å². The molecule has 0 saturated carbocycles. The minimum absolute atomic E-state index is 0.0498. The third-order valence-electron chi connectivity index (χ3n) is 3.17. The number of carbonyl (C=O) groups is 1. The summed E-state index contributed by atoms with van der Waals surface area (Å²) in [5, 5.41) is 4.41. The Morgan fingerprint density at radius 1 is 1.44 bits per heavy atom. The Labute approximate surface area is 116 Å². The largest absolute Gasteiger partial charge is 0.466 e. The maximum Gasteiger partial charge on any atom is 0.310 e. The quantitative estimate of drug-likeness (QED) is 0.869. The lowest BCUT2D eigenvalue weighted by molar-refractivity contribution is -0.147. The van der Waals surface area contributed by atoms with E-state index < -0.39 is 0 Å². The molecule has 1 heterocycles. The first kappa shape index (κ1) is 13.7. The van der Waals surface area contributed by atoms with E-state index in [2.05, 4.69) is 5.32 Å². The number of halogens is 2. The Morgan fingerprint density at radius 2 is 2.22 bits per heavy atom. The van der Waals surface area contributed by atoms with Crippen molar-refractivity contribution in [2.75, 3.05) is 19.7 Å². The molecule has 18 heavy (non-hydrogen) atoms. The molecular weight excluding hydrogens is 273 g/mol. The van der Waals surface area contributed by atoms with Gasteiger partial charge in [-0.05, 0) is 24.6 Å². The second kappa shape index (κ2) is 5.91. The zero-order valence-corrected chi connectivity index (χ0v) is 11.6. The van der Waals surface area contributed by atoms with Crippen LogP contribution in [0, 0.1) is 5.92 Å². The van der Waals surface area contributed by atoms with Crippen molar-refractivity contribution in [3.05, 3.63) is 33.8 Å². The normalized spacial score (nSPS) is 23.1. The maximum absolute atomic E-state index is 11.9. The molecule has 2 unspecified atom stereocenters. The first-order valence-electron chi connectivity index (χ1n) is 5.95. The number of esters is 1. The average Bonchev–Trinajstić information content (AvgIpc) is 2.78. The van der Waals surface area contributed by atoms with Gasteiger partial charge in [0, 0.05) is 29.1 Å². The molecule has 1 fully saturated rings. The van der Waals surface area contributed by atoms with Crippen molar-refractivity contribution in [1.29, 1.82) is 0 Å².